The number of rotatable bonds is 8. The Bertz CT molecular complexity index is 1870. The number of alkyl halides is 3. The van der Waals surface area contributed by atoms with Gasteiger partial charge in [0.15, 0.2) is 0 Å². The van der Waals surface area contributed by atoms with Gasteiger partial charge in [0.25, 0.3) is 5.91 Å². The second-order valence-electron chi connectivity index (χ2n) is 10.8. The summed E-state index contributed by atoms with van der Waals surface area (Å²) in [5, 5.41) is 15.9. The molecule has 0 aliphatic heterocycles. The minimum atomic E-state index is -4.48. The van der Waals surface area contributed by atoms with Crippen LogP contribution in [0.5, 0.6) is 0 Å². The van der Waals surface area contributed by atoms with E-state index in [0.29, 0.717) is 35.0 Å². The van der Waals surface area contributed by atoms with Gasteiger partial charge in [0.2, 0.25) is 0 Å². The maximum Gasteiger partial charge on any atom is 0.416 e. The molecule has 0 atom stereocenters. The van der Waals surface area contributed by atoms with Gasteiger partial charge in [-0.15, -0.1) is 0 Å². The number of amides is 1. The molecule has 1 aliphatic carbocycles. The molecule has 0 radical (unpaired) electrons. The number of hydrogen-bond acceptors (Lipinski definition) is 3. The lowest BCUT2D eigenvalue weighted by molar-refractivity contribution is -0.137. The van der Waals surface area contributed by atoms with Crippen LogP contribution in [-0.4, -0.2) is 21.6 Å². The van der Waals surface area contributed by atoms with Gasteiger partial charge in [0.1, 0.15) is 11.6 Å². The maximum absolute atomic E-state index is 13.9. The van der Waals surface area contributed by atoms with Crippen molar-refractivity contribution in [2.45, 2.75) is 31.1 Å². The summed E-state index contributed by atoms with van der Waals surface area (Å²) in [6, 6.07) is 18.9. The number of aromatic carboxylic acids is 1. The molecule has 1 aromatic heterocycles. The first-order chi connectivity index (χ1) is 20.9. The minimum Gasteiger partial charge on any atom is -0.478 e. The van der Waals surface area contributed by atoms with Crippen molar-refractivity contribution in [3.63, 3.8) is 0 Å². The number of hydrogen-bond donors (Lipinski definition) is 3. The monoisotopic (exact) mass is 605 g/mol. The molecule has 44 heavy (non-hydrogen) atoms. The van der Waals surface area contributed by atoms with Crippen LogP contribution in [0, 0.1) is 11.6 Å². The standard InChI is InChI=1S/C33H24F5N3O3/c34-23-15-24(35)17-25(16-23)39-28-10-9-27(30(42)40-32(12-13-32)21-7-3-20(4-8-21)31(43)44)29-26(28)11-14-41(29)18-19-1-5-22(6-2-19)33(36,37)38/h1-11,14-17,39H,12-13,18H2,(H,40,42)(H,43,44). The molecule has 1 heterocycles. The van der Waals surface area contributed by atoms with Crippen molar-refractivity contribution in [2.75, 3.05) is 5.32 Å². The average molecular weight is 606 g/mol. The number of nitrogens with zero attached hydrogens (tertiary/aromatic N) is 1. The smallest absolute Gasteiger partial charge is 0.416 e. The van der Waals surface area contributed by atoms with E-state index in [1.165, 1.54) is 24.3 Å². The molecule has 0 bridgehead atoms. The molecule has 1 fully saturated rings. The molecular formula is C33H24F5N3O3. The molecule has 1 amide bonds. The molecule has 1 saturated carbocycles. The number of benzene rings is 4. The van der Waals surface area contributed by atoms with Crippen LogP contribution in [-0.2, 0) is 18.3 Å². The van der Waals surface area contributed by atoms with E-state index in [4.69, 9.17) is 0 Å². The third-order valence-electron chi connectivity index (χ3n) is 7.73. The highest BCUT2D eigenvalue weighted by molar-refractivity contribution is 6.10. The van der Waals surface area contributed by atoms with Crippen LogP contribution in [0.4, 0.5) is 33.3 Å². The molecule has 5 aromatic rings. The van der Waals surface area contributed by atoms with E-state index >= 15 is 0 Å². The number of anilines is 2. The van der Waals surface area contributed by atoms with Crippen molar-refractivity contribution in [1.82, 2.24) is 9.88 Å². The summed E-state index contributed by atoms with van der Waals surface area (Å²) in [5.41, 5.74) is 1.34. The van der Waals surface area contributed by atoms with Gasteiger partial charge in [-0.3, -0.25) is 4.79 Å². The Hall–Kier alpha value is -5.19. The Morgan fingerprint density at radius 3 is 2.11 bits per heavy atom. The van der Waals surface area contributed by atoms with Crippen LogP contribution < -0.4 is 10.6 Å². The van der Waals surface area contributed by atoms with Crippen LogP contribution in [0.15, 0.2) is 91.1 Å². The fraction of sp³-hybridized carbons (Fsp3) is 0.152. The van der Waals surface area contributed by atoms with E-state index < -0.39 is 40.8 Å². The van der Waals surface area contributed by atoms with Gasteiger partial charge in [-0.1, -0.05) is 24.3 Å². The van der Waals surface area contributed by atoms with Gasteiger partial charge in [0.05, 0.1) is 27.7 Å². The van der Waals surface area contributed by atoms with Crippen molar-refractivity contribution < 1.29 is 36.6 Å². The van der Waals surface area contributed by atoms with E-state index in [-0.39, 0.29) is 23.4 Å². The SMILES string of the molecule is O=C(O)c1ccc(C2(NC(=O)c3ccc(Nc4cc(F)cc(F)c4)c4ccn(Cc5ccc(C(F)(F)F)cc5)c34)CC2)cc1. The molecule has 1 aliphatic rings. The molecule has 4 aromatic carbocycles. The van der Waals surface area contributed by atoms with E-state index in [0.717, 1.165) is 35.9 Å². The summed E-state index contributed by atoms with van der Waals surface area (Å²) < 4.78 is 68.8. The van der Waals surface area contributed by atoms with Crippen LogP contribution >= 0.6 is 0 Å². The summed E-state index contributed by atoms with van der Waals surface area (Å²) in [5.74, 6) is -3.02. The highest BCUT2D eigenvalue weighted by atomic mass is 19.4. The van der Waals surface area contributed by atoms with Gasteiger partial charge in [-0.05, 0) is 78.6 Å². The minimum absolute atomic E-state index is 0.125. The summed E-state index contributed by atoms with van der Waals surface area (Å²) in [6.07, 6.45) is -1.50. The zero-order valence-corrected chi connectivity index (χ0v) is 22.9. The molecule has 6 rings (SSSR count). The average Bonchev–Trinajstić information content (AvgIpc) is 3.63. The van der Waals surface area contributed by atoms with E-state index in [2.05, 4.69) is 10.6 Å². The molecule has 0 spiro atoms. The van der Waals surface area contributed by atoms with Crippen LogP contribution in [0.2, 0.25) is 0 Å². The summed E-state index contributed by atoms with van der Waals surface area (Å²) in [4.78, 5) is 25.1. The van der Waals surface area contributed by atoms with Gasteiger partial charge < -0.3 is 20.3 Å². The van der Waals surface area contributed by atoms with E-state index in [9.17, 15) is 36.6 Å². The normalized spacial score (nSPS) is 13.9. The number of carbonyl (C=O) groups is 2. The fourth-order valence-electron chi connectivity index (χ4n) is 5.35. The molecule has 0 unspecified atom stereocenters. The summed E-state index contributed by atoms with van der Waals surface area (Å²) >= 11 is 0. The lowest BCUT2D eigenvalue weighted by atomic mass is 10.0. The molecule has 0 saturated heterocycles. The number of carboxylic acid groups (broad SMARTS) is 1. The van der Waals surface area contributed by atoms with Crippen molar-refractivity contribution >= 4 is 34.2 Å². The molecule has 3 N–H and O–H groups in total. The van der Waals surface area contributed by atoms with Crippen molar-refractivity contribution in [3.8, 4) is 0 Å². The number of nitrogens with one attached hydrogen (secondary N) is 2. The Labute approximate surface area is 247 Å². The van der Waals surface area contributed by atoms with Crippen molar-refractivity contribution in [3.05, 3.63) is 131 Å². The molecular weight excluding hydrogens is 581 g/mol. The number of aromatic nitrogens is 1. The predicted octanol–water partition coefficient (Wildman–Crippen LogP) is 7.85. The van der Waals surface area contributed by atoms with Crippen molar-refractivity contribution in [2.24, 2.45) is 0 Å². The van der Waals surface area contributed by atoms with Gasteiger partial charge in [-0.2, -0.15) is 13.2 Å². The largest absolute Gasteiger partial charge is 0.478 e. The zero-order valence-electron chi connectivity index (χ0n) is 22.9. The third-order valence-corrected chi connectivity index (χ3v) is 7.73. The third kappa shape index (κ3) is 5.72. The van der Waals surface area contributed by atoms with Crippen LogP contribution in [0.25, 0.3) is 10.9 Å². The second-order valence-corrected chi connectivity index (χ2v) is 10.8. The van der Waals surface area contributed by atoms with E-state index in [1.807, 2.05) is 0 Å². The first kappa shape index (κ1) is 28.9. The predicted molar refractivity (Wildman–Crippen MR) is 154 cm³/mol. The Kier molecular flexibility index (Phi) is 7.11. The Morgan fingerprint density at radius 2 is 1.52 bits per heavy atom. The van der Waals surface area contributed by atoms with E-state index in [1.54, 1.807) is 41.1 Å². The highest BCUT2D eigenvalue weighted by Crippen LogP contribution is 2.46. The van der Waals surface area contributed by atoms with Gasteiger partial charge in [0, 0.05) is 35.6 Å². The Morgan fingerprint density at radius 1 is 0.864 bits per heavy atom. The number of halogens is 5. The quantitative estimate of drug-likeness (QED) is 0.157. The summed E-state index contributed by atoms with van der Waals surface area (Å²) in [7, 11) is 0. The first-order valence-corrected chi connectivity index (χ1v) is 13.6. The van der Waals surface area contributed by atoms with Gasteiger partial charge >= 0.3 is 12.1 Å². The number of carbonyl (C=O) groups excluding carboxylic acids is 1. The van der Waals surface area contributed by atoms with Crippen LogP contribution in [0.1, 0.15) is 50.2 Å². The maximum atomic E-state index is 13.9. The fourth-order valence-corrected chi connectivity index (χ4v) is 5.35. The molecule has 6 nitrogen and oxygen atoms in total. The lowest BCUT2D eigenvalue weighted by Gasteiger charge is -2.20. The van der Waals surface area contributed by atoms with Crippen LogP contribution in [0.3, 0.4) is 0 Å². The lowest BCUT2D eigenvalue weighted by Crippen LogP contribution is -2.35. The topological polar surface area (TPSA) is 83.4 Å². The first-order valence-electron chi connectivity index (χ1n) is 13.6. The van der Waals surface area contributed by atoms with Gasteiger partial charge in [-0.25, -0.2) is 13.6 Å². The Balaban J connectivity index is 1.37. The van der Waals surface area contributed by atoms with Crippen molar-refractivity contribution in [1.29, 1.82) is 0 Å². The highest BCUT2D eigenvalue weighted by Gasteiger charge is 2.46. The molecule has 224 valence electrons. The number of carboxylic acids is 1. The molecule has 11 heteroatoms. The zero-order chi connectivity index (χ0) is 31.2. The second kappa shape index (κ2) is 10.8. The number of fused-ring (bicyclic) bond motifs is 1. The summed E-state index contributed by atoms with van der Waals surface area (Å²) in [6.45, 7) is 0.141.